The summed E-state index contributed by atoms with van der Waals surface area (Å²) in [7, 11) is 1.75. The lowest BCUT2D eigenvalue weighted by molar-refractivity contribution is -0.121. The number of aromatic amines is 1. The molecule has 1 aromatic heterocycles. The van der Waals surface area contributed by atoms with E-state index in [0.717, 1.165) is 21.5 Å². The van der Waals surface area contributed by atoms with E-state index in [2.05, 4.69) is 15.6 Å². The van der Waals surface area contributed by atoms with Gasteiger partial charge < -0.3 is 15.6 Å². The zero-order chi connectivity index (χ0) is 19.7. The van der Waals surface area contributed by atoms with Crippen molar-refractivity contribution >= 4 is 63.2 Å². The molecule has 28 heavy (non-hydrogen) atoms. The maximum absolute atomic E-state index is 12.9. The number of nitrogens with zero attached hydrogens (tertiary/aromatic N) is 1. The normalized spacial score (nSPS) is 16.6. The summed E-state index contributed by atoms with van der Waals surface area (Å²) in [6.07, 6.45) is 2.03. The quantitative estimate of drug-likeness (QED) is 0.451. The van der Waals surface area contributed by atoms with Crippen LogP contribution in [-0.2, 0) is 9.59 Å². The zero-order valence-electron chi connectivity index (χ0n) is 15.1. The molecule has 4 rings (SSSR count). The number of hydrogen-bond acceptors (Lipinski definition) is 4. The molecule has 0 bridgehead atoms. The van der Waals surface area contributed by atoms with E-state index in [1.807, 2.05) is 54.7 Å². The van der Waals surface area contributed by atoms with Crippen molar-refractivity contribution in [1.82, 2.24) is 10.3 Å². The van der Waals surface area contributed by atoms with Crippen molar-refractivity contribution in [3.8, 4) is 0 Å². The highest BCUT2D eigenvalue weighted by atomic mass is 32.2. The number of amides is 2. The molecule has 1 unspecified atom stereocenters. The lowest BCUT2D eigenvalue weighted by Gasteiger charge is -2.15. The lowest BCUT2D eigenvalue weighted by atomic mass is 10.2. The van der Waals surface area contributed by atoms with Crippen LogP contribution >= 0.6 is 24.0 Å². The number of hydrogen-bond donors (Lipinski definition) is 3. The summed E-state index contributed by atoms with van der Waals surface area (Å²) in [5.41, 5.74) is 2.36. The summed E-state index contributed by atoms with van der Waals surface area (Å²) in [5, 5.41) is 7.05. The van der Waals surface area contributed by atoms with E-state index in [9.17, 15) is 9.59 Å². The van der Waals surface area contributed by atoms with Crippen LogP contribution in [0.15, 0.2) is 59.6 Å². The summed E-state index contributed by atoms with van der Waals surface area (Å²) >= 11 is 6.48. The monoisotopic (exact) mass is 410 g/mol. The van der Waals surface area contributed by atoms with Gasteiger partial charge in [0.2, 0.25) is 11.8 Å². The Morgan fingerprint density at radius 3 is 2.71 bits per heavy atom. The molecule has 1 atom stereocenters. The molecule has 1 fully saturated rings. The van der Waals surface area contributed by atoms with Crippen LogP contribution in [-0.4, -0.2) is 34.2 Å². The van der Waals surface area contributed by atoms with Crippen LogP contribution < -0.4 is 15.5 Å². The zero-order valence-corrected chi connectivity index (χ0v) is 16.7. The summed E-state index contributed by atoms with van der Waals surface area (Å²) in [6, 6.07) is 15.1. The number of rotatable bonds is 4. The summed E-state index contributed by atoms with van der Waals surface area (Å²) < 4.78 is 0. The van der Waals surface area contributed by atoms with E-state index < -0.39 is 5.25 Å². The first-order valence-corrected chi connectivity index (χ1v) is 10.0. The number of benzene rings is 2. The average molecular weight is 411 g/mol. The molecule has 1 aliphatic rings. The maximum Gasteiger partial charge on any atom is 0.247 e. The van der Waals surface area contributed by atoms with Gasteiger partial charge in [-0.3, -0.25) is 9.59 Å². The average Bonchev–Trinajstić information content (AvgIpc) is 3.27. The van der Waals surface area contributed by atoms with Crippen LogP contribution in [0.5, 0.6) is 0 Å². The third kappa shape index (κ3) is 3.61. The highest BCUT2D eigenvalue weighted by molar-refractivity contribution is 8.00. The largest absolute Gasteiger partial charge is 0.366 e. The van der Waals surface area contributed by atoms with Crippen LogP contribution in [0.4, 0.5) is 11.4 Å². The fraction of sp³-hybridized carbons (Fsp3) is 0.150. The Balaban J connectivity index is 1.48. The molecule has 2 aromatic carbocycles. The Hall–Kier alpha value is -2.84. The fourth-order valence-electron chi connectivity index (χ4n) is 3.12. The highest BCUT2D eigenvalue weighted by Crippen LogP contribution is 2.35. The minimum atomic E-state index is -0.427. The number of fused-ring (bicyclic) bond motifs is 1. The standard InChI is InChI=1S/C20H18N4O2S2/c1-21-20(27)23-13-3-6-15(7-4-13)28-17-11-18(25)24(19(17)26)14-5-2-12-8-9-22-16(12)10-14/h2-10,17,22H,11H2,1H3,(H2,21,23,27). The maximum atomic E-state index is 12.9. The molecule has 0 saturated carbocycles. The van der Waals surface area contributed by atoms with E-state index in [4.69, 9.17) is 12.2 Å². The number of carbonyl (C=O) groups excluding carboxylic acids is 2. The van der Waals surface area contributed by atoms with Gasteiger partial charge in [-0.05, 0) is 60.1 Å². The second-order valence-corrected chi connectivity index (χ2v) is 8.04. The topological polar surface area (TPSA) is 77.2 Å². The summed E-state index contributed by atoms with van der Waals surface area (Å²) in [4.78, 5) is 30.7. The van der Waals surface area contributed by atoms with Crippen molar-refractivity contribution in [2.24, 2.45) is 0 Å². The number of nitrogens with one attached hydrogen (secondary N) is 3. The Morgan fingerprint density at radius 2 is 1.96 bits per heavy atom. The number of aromatic nitrogens is 1. The lowest BCUT2D eigenvalue weighted by Crippen LogP contribution is -2.31. The van der Waals surface area contributed by atoms with Gasteiger partial charge in [-0.1, -0.05) is 6.07 Å². The van der Waals surface area contributed by atoms with Gasteiger partial charge in [0, 0.05) is 35.8 Å². The van der Waals surface area contributed by atoms with E-state index >= 15 is 0 Å². The fourth-order valence-corrected chi connectivity index (χ4v) is 4.29. The molecule has 6 nitrogen and oxygen atoms in total. The second-order valence-electron chi connectivity index (χ2n) is 6.36. The van der Waals surface area contributed by atoms with Gasteiger partial charge in [0.1, 0.15) is 0 Å². The van der Waals surface area contributed by atoms with Crippen LogP contribution in [0, 0.1) is 0 Å². The van der Waals surface area contributed by atoms with E-state index in [-0.39, 0.29) is 18.2 Å². The predicted molar refractivity (Wildman–Crippen MR) is 117 cm³/mol. The molecule has 1 aliphatic heterocycles. The van der Waals surface area contributed by atoms with Crippen molar-refractivity contribution in [2.45, 2.75) is 16.6 Å². The Kier molecular flexibility index (Phi) is 5.06. The molecule has 3 aromatic rings. The Bertz CT molecular complexity index is 1060. The van der Waals surface area contributed by atoms with Crippen molar-refractivity contribution in [2.75, 3.05) is 17.3 Å². The van der Waals surface area contributed by atoms with Gasteiger partial charge in [-0.15, -0.1) is 11.8 Å². The summed E-state index contributed by atoms with van der Waals surface area (Å²) in [5.74, 6) is -0.356. The third-order valence-corrected chi connectivity index (χ3v) is 6.02. The van der Waals surface area contributed by atoms with Crippen LogP contribution in [0.3, 0.4) is 0 Å². The van der Waals surface area contributed by atoms with Crippen LogP contribution in [0.2, 0.25) is 0 Å². The Labute approximate surface area is 171 Å². The predicted octanol–water partition coefficient (Wildman–Crippen LogP) is 3.51. The Morgan fingerprint density at radius 1 is 1.18 bits per heavy atom. The molecule has 1 saturated heterocycles. The number of carbonyl (C=O) groups is 2. The first kappa shape index (κ1) is 18.5. The van der Waals surface area contributed by atoms with Crippen LogP contribution in [0.25, 0.3) is 10.9 Å². The molecule has 8 heteroatoms. The molecule has 2 heterocycles. The smallest absolute Gasteiger partial charge is 0.247 e. The molecule has 2 amide bonds. The molecule has 0 aliphatic carbocycles. The number of thiocarbonyl (C=S) groups is 1. The van der Waals surface area contributed by atoms with Gasteiger partial charge in [0.05, 0.1) is 10.9 Å². The molecular formula is C20H18N4O2S2. The first-order valence-electron chi connectivity index (χ1n) is 8.74. The van der Waals surface area contributed by atoms with Gasteiger partial charge >= 0.3 is 0 Å². The van der Waals surface area contributed by atoms with Crippen LogP contribution in [0.1, 0.15) is 6.42 Å². The second kappa shape index (κ2) is 7.65. The minimum Gasteiger partial charge on any atom is -0.366 e. The van der Waals surface area contributed by atoms with Gasteiger partial charge in [-0.2, -0.15) is 0 Å². The third-order valence-electron chi connectivity index (χ3n) is 4.52. The molecule has 0 radical (unpaired) electrons. The van der Waals surface area contributed by atoms with Crippen molar-refractivity contribution in [3.63, 3.8) is 0 Å². The van der Waals surface area contributed by atoms with E-state index in [1.54, 1.807) is 7.05 Å². The SMILES string of the molecule is CNC(=S)Nc1ccc(SC2CC(=O)N(c3ccc4cc[nH]c4c3)C2=O)cc1. The number of H-pyrrole nitrogens is 1. The summed E-state index contributed by atoms with van der Waals surface area (Å²) in [6.45, 7) is 0. The minimum absolute atomic E-state index is 0.175. The molecular weight excluding hydrogens is 392 g/mol. The molecule has 3 N–H and O–H groups in total. The van der Waals surface area contributed by atoms with Crippen molar-refractivity contribution in [3.05, 3.63) is 54.7 Å². The van der Waals surface area contributed by atoms with E-state index in [1.165, 1.54) is 16.7 Å². The first-order chi connectivity index (χ1) is 13.5. The van der Waals surface area contributed by atoms with Gasteiger partial charge in [-0.25, -0.2) is 4.90 Å². The number of imide groups is 1. The number of anilines is 2. The molecule has 142 valence electrons. The number of thioether (sulfide) groups is 1. The van der Waals surface area contributed by atoms with Gasteiger partial charge in [0.25, 0.3) is 0 Å². The van der Waals surface area contributed by atoms with E-state index in [0.29, 0.717) is 10.8 Å². The molecule has 0 spiro atoms. The van der Waals surface area contributed by atoms with Gasteiger partial charge in [0.15, 0.2) is 5.11 Å². The highest BCUT2D eigenvalue weighted by Gasteiger charge is 2.40. The van der Waals surface area contributed by atoms with Crippen molar-refractivity contribution < 1.29 is 9.59 Å². The van der Waals surface area contributed by atoms with Crippen molar-refractivity contribution in [1.29, 1.82) is 0 Å².